The lowest BCUT2D eigenvalue weighted by atomic mass is 9.83. The fraction of sp³-hybridized carbons (Fsp3) is 0.750. The van der Waals surface area contributed by atoms with Crippen LogP contribution < -0.4 is 16.2 Å². The quantitative estimate of drug-likeness (QED) is 0.371. The van der Waals surface area contributed by atoms with Gasteiger partial charge in [0.25, 0.3) is 0 Å². The van der Waals surface area contributed by atoms with Crippen molar-refractivity contribution in [2.75, 3.05) is 7.11 Å². The minimum absolute atomic E-state index is 0.128. The van der Waals surface area contributed by atoms with Crippen LogP contribution in [0.15, 0.2) is 0 Å². The first kappa shape index (κ1) is 15.3. The Morgan fingerprint density at radius 3 is 2.53 bits per heavy atom. The predicted molar refractivity (Wildman–Crippen MR) is 67.9 cm³/mol. The van der Waals surface area contributed by atoms with E-state index in [4.69, 9.17) is 0 Å². The Morgan fingerprint density at radius 1 is 1.26 bits per heavy atom. The van der Waals surface area contributed by atoms with Crippen LogP contribution in [0, 0.1) is 5.92 Å². The zero-order chi connectivity index (χ0) is 14.1. The number of carbonyl (C=O) groups is 3. The molecular formula is C12H21N3O4. The van der Waals surface area contributed by atoms with Crippen LogP contribution >= 0.6 is 0 Å². The van der Waals surface area contributed by atoms with Gasteiger partial charge in [0.1, 0.15) is 0 Å². The standard InChI is InChI=1S/C12H21N3O4/c1-19-11(17)7-4-9-2-5-10(6-3-9)14-12(18)15-13-8-16/h8-10H,2-7H2,1H3,(H,13,16)(H2,14,15,18)/t9-,10-. The molecule has 1 fully saturated rings. The van der Waals surface area contributed by atoms with Crippen LogP contribution in [0.2, 0.25) is 0 Å². The fourth-order valence-corrected chi connectivity index (χ4v) is 2.34. The van der Waals surface area contributed by atoms with E-state index in [0.29, 0.717) is 18.7 Å². The van der Waals surface area contributed by atoms with E-state index in [9.17, 15) is 14.4 Å². The summed E-state index contributed by atoms with van der Waals surface area (Å²) in [5.41, 5.74) is 4.30. The van der Waals surface area contributed by atoms with Gasteiger partial charge in [0.15, 0.2) is 0 Å². The Kier molecular flexibility index (Phi) is 6.70. The van der Waals surface area contributed by atoms with E-state index in [-0.39, 0.29) is 12.0 Å². The molecule has 7 nitrogen and oxygen atoms in total. The number of ether oxygens (including phenoxy) is 1. The van der Waals surface area contributed by atoms with Crippen molar-refractivity contribution in [3.05, 3.63) is 0 Å². The van der Waals surface area contributed by atoms with E-state index in [0.717, 1.165) is 32.1 Å². The average Bonchev–Trinajstić information content (AvgIpc) is 2.44. The molecule has 0 aromatic carbocycles. The molecule has 3 N–H and O–H groups in total. The lowest BCUT2D eigenvalue weighted by Crippen LogP contribution is -2.48. The molecule has 0 atom stereocenters. The molecular weight excluding hydrogens is 250 g/mol. The molecule has 0 radical (unpaired) electrons. The summed E-state index contributed by atoms with van der Waals surface area (Å²) in [5.74, 6) is 0.355. The van der Waals surface area contributed by atoms with Gasteiger partial charge in [-0.15, -0.1) is 0 Å². The van der Waals surface area contributed by atoms with E-state index in [1.54, 1.807) is 0 Å². The summed E-state index contributed by atoms with van der Waals surface area (Å²) in [6.45, 7) is 0. The molecule has 1 rings (SSSR count). The average molecular weight is 271 g/mol. The molecule has 0 spiro atoms. The summed E-state index contributed by atoms with van der Waals surface area (Å²) >= 11 is 0. The Labute approximate surface area is 112 Å². The highest BCUT2D eigenvalue weighted by Crippen LogP contribution is 2.27. The maximum atomic E-state index is 11.3. The predicted octanol–water partition coefficient (Wildman–Crippen LogP) is 0.459. The second-order valence-corrected chi connectivity index (χ2v) is 4.69. The topological polar surface area (TPSA) is 96.5 Å². The Bertz CT molecular complexity index is 314. The van der Waals surface area contributed by atoms with Crippen LogP contribution in [-0.4, -0.2) is 31.6 Å². The molecule has 0 bridgehead atoms. The summed E-state index contributed by atoms with van der Waals surface area (Å²) in [4.78, 5) is 32.3. The highest BCUT2D eigenvalue weighted by Gasteiger charge is 2.22. The van der Waals surface area contributed by atoms with Crippen molar-refractivity contribution in [1.82, 2.24) is 16.2 Å². The van der Waals surface area contributed by atoms with Gasteiger partial charge in [-0.2, -0.15) is 0 Å². The van der Waals surface area contributed by atoms with E-state index in [1.165, 1.54) is 7.11 Å². The number of rotatable bonds is 6. The molecule has 0 aliphatic heterocycles. The second-order valence-electron chi connectivity index (χ2n) is 4.69. The van der Waals surface area contributed by atoms with Crippen LogP contribution in [0.5, 0.6) is 0 Å². The molecule has 108 valence electrons. The number of hydrogen-bond donors (Lipinski definition) is 3. The lowest BCUT2D eigenvalue weighted by Gasteiger charge is -2.28. The summed E-state index contributed by atoms with van der Waals surface area (Å²) in [7, 11) is 1.40. The van der Waals surface area contributed by atoms with Crippen LogP contribution in [0.3, 0.4) is 0 Å². The first-order valence-corrected chi connectivity index (χ1v) is 6.48. The lowest BCUT2D eigenvalue weighted by molar-refractivity contribution is -0.141. The van der Waals surface area contributed by atoms with Gasteiger partial charge in [0, 0.05) is 12.5 Å². The molecule has 7 heteroatoms. The maximum absolute atomic E-state index is 11.3. The van der Waals surface area contributed by atoms with Crippen LogP contribution in [-0.2, 0) is 14.3 Å². The van der Waals surface area contributed by atoms with E-state index in [1.807, 2.05) is 0 Å². The molecule has 1 aliphatic rings. The Morgan fingerprint density at radius 2 is 1.95 bits per heavy atom. The van der Waals surface area contributed by atoms with Gasteiger partial charge in [-0.1, -0.05) is 0 Å². The van der Waals surface area contributed by atoms with Crippen molar-refractivity contribution in [3.63, 3.8) is 0 Å². The SMILES string of the molecule is COC(=O)CC[C@H]1CC[C@H](NC(=O)NNC=O)CC1. The number of esters is 1. The monoisotopic (exact) mass is 271 g/mol. The molecule has 0 heterocycles. The van der Waals surface area contributed by atoms with Crippen LogP contribution in [0.4, 0.5) is 4.79 Å². The third-order valence-electron chi connectivity index (χ3n) is 3.41. The zero-order valence-corrected chi connectivity index (χ0v) is 11.1. The number of urea groups is 1. The third-order valence-corrected chi connectivity index (χ3v) is 3.41. The number of hydrogen-bond acceptors (Lipinski definition) is 4. The van der Waals surface area contributed by atoms with E-state index < -0.39 is 6.03 Å². The highest BCUT2D eigenvalue weighted by molar-refractivity contribution is 5.75. The number of hydrazine groups is 1. The molecule has 19 heavy (non-hydrogen) atoms. The molecule has 0 unspecified atom stereocenters. The number of methoxy groups -OCH3 is 1. The smallest absolute Gasteiger partial charge is 0.333 e. The first-order chi connectivity index (χ1) is 9.15. The van der Waals surface area contributed by atoms with Crippen molar-refractivity contribution in [2.45, 2.75) is 44.6 Å². The first-order valence-electron chi connectivity index (χ1n) is 6.48. The molecule has 0 aromatic heterocycles. The molecule has 1 saturated carbocycles. The minimum Gasteiger partial charge on any atom is -0.469 e. The van der Waals surface area contributed by atoms with Gasteiger partial charge in [0.05, 0.1) is 7.11 Å². The van der Waals surface area contributed by atoms with E-state index in [2.05, 4.69) is 20.9 Å². The molecule has 1 aliphatic carbocycles. The van der Waals surface area contributed by atoms with Gasteiger partial charge >= 0.3 is 12.0 Å². The summed E-state index contributed by atoms with van der Waals surface area (Å²) in [6, 6.07) is -0.270. The van der Waals surface area contributed by atoms with Gasteiger partial charge in [-0.25, -0.2) is 10.2 Å². The fourth-order valence-electron chi connectivity index (χ4n) is 2.34. The van der Waals surface area contributed by atoms with Crippen molar-refractivity contribution in [3.8, 4) is 0 Å². The van der Waals surface area contributed by atoms with Crippen molar-refractivity contribution in [2.24, 2.45) is 5.92 Å². The van der Waals surface area contributed by atoms with Crippen molar-refractivity contribution in [1.29, 1.82) is 0 Å². The van der Waals surface area contributed by atoms with Crippen molar-refractivity contribution >= 4 is 18.4 Å². The Hall–Kier alpha value is -1.79. The van der Waals surface area contributed by atoms with Crippen LogP contribution in [0.1, 0.15) is 38.5 Å². The second kappa shape index (κ2) is 8.34. The van der Waals surface area contributed by atoms with Crippen LogP contribution in [0.25, 0.3) is 0 Å². The summed E-state index contributed by atoms with van der Waals surface area (Å²) in [6.07, 6.45) is 5.47. The number of amides is 3. The number of carbonyl (C=O) groups excluding carboxylic acids is 3. The molecule has 0 aromatic rings. The summed E-state index contributed by atoms with van der Waals surface area (Å²) < 4.78 is 4.61. The van der Waals surface area contributed by atoms with E-state index >= 15 is 0 Å². The Balaban J connectivity index is 2.16. The molecule has 0 saturated heterocycles. The maximum Gasteiger partial charge on any atom is 0.333 e. The number of nitrogens with one attached hydrogen (secondary N) is 3. The zero-order valence-electron chi connectivity index (χ0n) is 11.1. The van der Waals surface area contributed by atoms with Gasteiger partial charge < -0.3 is 10.1 Å². The van der Waals surface area contributed by atoms with Gasteiger partial charge in [-0.05, 0) is 38.0 Å². The van der Waals surface area contributed by atoms with Gasteiger partial charge in [-0.3, -0.25) is 15.0 Å². The van der Waals surface area contributed by atoms with Crippen molar-refractivity contribution < 1.29 is 19.1 Å². The van der Waals surface area contributed by atoms with Gasteiger partial charge in [0.2, 0.25) is 6.41 Å². The normalized spacial score (nSPS) is 22.2. The summed E-state index contributed by atoms with van der Waals surface area (Å²) in [5, 5.41) is 2.79. The minimum atomic E-state index is -0.398. The highest BCUT2D eigenvalue weighted by atomic mass is 16.5. The molecule has 3 amide bonds. The third kappa shape index (κ3) is 6.08. The largest absolute Gasteiger partial charge is 0.469 e.